The molecule has 0 saturated carbocycles. The highest BCUT2D eigenvalue weighted by Gasteiger charge is 2.01. The van der Waals surface area contributed by atoms with E-state index in [-0.39, 0.29) is 0 Å². The van der Waals surface area contributed by atoms with Crippen molar-refractivity contribution in [3.05, 3.63) is 12.2 Å². The number of unbranched alkanes of at least 4 members (excludes halogenated alkanes) is 13. The van der Waals surface area contributed by atoms with E-state index in [1.54, 1.807) is 0 Å². The van der Waals surface area contributed by atoms with Crippen LogP contribution in [0.4, 0.5) is 0 Å². The lowest BCUT2D eigenvalue weighted by Gasteiger charge is -2.02. The topological polar surface area (TPSA) is 21.6 Å². The minimum atomic E-state index is 0.762. The summed E-state index contributed by atoms with van der Waals surface area (Å²) in [6, 6.07) is 0. The van der Waals surface area contributed by atoms with Gasteiger partial charge in [-0.2, -0.15) is 0 Å². The van der Waals surface area contributed by atoms with E-state index in [9.17, 15) is 0 Å². The zero-order chi connectivity index (χ0) is 15.7. The van der Waals surface area contributed by atoms with Gasteiger partial charge >= 0.3 is 0 Å². The van der Waals surface area contributed by atoms with Crippen LogP contribution in [-0.4, -0.2) is 19.0 Å². The Morgan fingerprint density at radius 3 is 1.86 bits per heavy atom. The molecule has 1 heterocycles. The highest BCUT2D eigenvalue weighted by molar-refractivity contribution is 5.88. The standard InChI is InChI=1S/C20H37NO/c1-2-3-4-5-6-7-8-9-10-11-12-13-14-15-16-17-20-21-18-19-22-20/h16-17H,2-15,18-19H2,1H3. The number of nitrogens with zero attached hydrogens (tertiary/aromatic N) is 1. The second-order valence-electron chi connectivity index (χ2n) is 6.50. The quantitative estimate of drug-likeness (QED) is 0.318. The molecule has 0 aliphatic carbocycles. The van der Waals surface area contributed by atoms with Gasteiger partial charge < -0.3 is 4.74 Å². The van der Waals surface area contributed by atoms with Crippen molar-refractivity contribution in [1.29, 1.82) is 0 Å². The van der Waals surface area contributed by atoms with Crippen LogP contribution in [-0.2, 0) is 4.74 Å². The van der Waals surface area contributed by atoms with Crippen LogP contribution < -0.4 is 0 Å². The summed E-state index contributed by atoms with van der Waals surface area (Å²) in [7, 11) is 0. The molecule has 2 heteroatoms. The zero-order valence-corrected chi connectivity index (χ0v) is 14.8. The molecule has 128 valence electrons. The fraction of sp³-hybridized carbons (Fsp3) is 0.850. The third kappa shape index (κ3) is 11.8. The predicted octanol–water partition coefficient (Wildman–Crippen LogP) is 6.45. The molecule has 1 rings (SSSR count). The van der Waals surface area contributed by atoms with Gasteiger partial charge in [-0.25, -0.2) is 4.99 Å². The number of allylic oxidation sites excluding steroid dienone is 1. The summed E-state index contributed by atoms with van der Waals surface area (Å²) in [5, 5.41) is 0. The average Bonchev–Trinajstić information content (AvgIpc) is 3.04. The van der Waals surface area contributed by atoms with Gasteiger partial charge in [0.05, 0.1) is 6.54 Å². The summed E-state index contributed by atoms with van der Waals surface area (Å²) in [6.45, 7) is 3.88. The third-order valence-corrected chi connectivity index (χ3v) is 4.34. The molecular weight excluding hydrogens is 270 g/mol. The summed E-state index contributed by atoms with van der Waals surface area (Å²) in [5.41, 5.74) is 0. The fourth-order valence-electron chi connectivity index (χ4n) is 2.92. The summed E-state index contributed by atoms with van der Waals surface area (Å²) in [5.74, 6) is 0.828. The monoisotopic (exact) mass is 307 g/mol. The van der Waals surface area contributed by atoms with Gasteiger partial charge in [-0.3, -0.25) is 0 Å². The van der Waals surface area contributed by atoms with Crippen molar-refractivity contribution in [1.82, 2.24) is 0 Å². The second kappa shape index (κ2) is 15.1. The van der Waals surface area contributed by atoms with Crippen molar-refractivity contribution >= 4 is 5.90 Å². The third-order valence-electron chi connectivity index (χ3n) is 4.34. The summed E-state index contributed by atoms with van der Waals surface area (Å²) in [6.07, 6.45) is 23.9. The average molecular weight is 308 g/mol. The normalized spacial score (nSPS) is 14.5. The molecule has 0 aromatic carbocycles. The van der Waals surface area contributed by atoms with Gasteiger partial charge in [-0.15, -0.1) is 0 Å². The maximum Gasteiger partial charge on any atom is 0.208 e. The Kier molecular flexibility index (Phi) is 13.2. The molecule has 0 aromatic heterocycles. The van der Waals surface area contributed by atoms with Crippen LogP contribution in [0.25, 0.3) is 0 Å². The minimum absolute atomic E-state index is 0.762. The van der Waals surface area contributed by atoms with Crippen molar-refractivity contribution in [2.45, 2.75) is 96.8 Å². The van der Waals surface area contributed by atoms with Crippen molar-refractivity contribution in [3.63, 3.8) is 0 Å². The second-order valence-corrected chi connectivity index (χ2v) is 6.50. The zero-order valence-electron chi connectivity index (χ0n) is 14.8. The lowest BCUT2D eigenvalue weighted by atomic mass is 10.0. The van der Waals surface area contributed by atoms with Crippen molar-refractivity contribution in [2.75, 3.05) is 13.2 Å². The van der Waals surface area contributed by atoms with E-state index < -0.39 is 0 Å². The number of aliphatic imine (C=N–C) groups is 1. The van der Waals surface area contributed by atoms with Crippen molar-refractivity contribution in [3.8, 4) is 0 Å². The van der Waals surface area contributed by atoms with Gasteiger partial charge in [0.25, 0.3) is 0 Å². The first-order valence-electron chi connectivity index (χ1n) is 9.77. The Morgan fingerprint density at radius 1 is 0.818 bits per heavy atom. The molecule has 0 saturated heterocycles. The lowest BCUT2D eigenvalue weighted by molar-refractivity contribution is 0.350. The van der Waals surface area contributed by atoms with Crippen LogP contribution in [0.15, 0.2) is 17.1 Å². The first kappa shape index (κ1) is 19.3. The first-order valence-corrected chi connectivity index (χ1v) is 9.77. The molecule has 22 heavy (non-hydrogen) atoms. The number of ether oxygens (including phenoxy) is 1. The molecule has 0 bridgehead atoms. The Hall–Kier alpha value is -0.790. The van der Waals surface area contributed by atoms with Crippen LogP contribution in [0.2, 0.25) is 0 Å². The van der Waals surface area contributed by atoms with Crippen molar-refractivity contribution < 1.29 is 4.74 Å². The molecule has 1 aliphatic heterocycles. The van der Waals surface area contributed by atoms with Crippen LogP contribution in [0.3, 0.4) is 0 Å². The molecule has 1 aliphatic rings. The molecule has 0 aromatic rings. The molecule has 0 spiro atoms. The maximum atomic E-state index is 5.34. The van der Waals surface area contributed by atoms with Gasteiger partial charge in [-0.1, -0.05) is 90.0 Å². The molecule has 0 unspecified atom stereocenters. The van der Waals surface area contributed by atoms with Crippen LogP contribution >= 0.6 is 0 Å². The molecule has 0 amide bonds. The van der Waals surface area contributed by atoms with Gasteiger partial charge in [0.1, 0.15) is 6.61 Å². The van der Waals surface area contributed by atoms with E-state index in [1.807, 2.05) is 6.08 Å². The Morgan fingerprint density at radius 2 is 1.36 bits per heavy atom. The Labute approximate surface area is 138 Å². The van der Waals surface area contributed by atoms with E-state index in [0.717, 1.165) is 19.0 Å². The van der Waals surface area contributed by atoms with Gasteiger partial charge in [0.15, 0.2) is 0 Å². The van der Waals surface area contributed by atoms with E-state index in [4.69, 9.17) is 4.74 Å². The van der Waals surface area contributed by atoms with E-state index in [2.05, 4.69) is 18.0 Å². The summed E-state index contributed by atoms with van der Waals surface area (Å²) in [4.78, 5) is 4.25. The van der Waals surface area contributed by atoms with Crippen LogP contribution in [0.1, 0.15) is 96.8 Å². The van der Waals surface area contributed by atoms with Crippen molar-refractivity contribution in [2.24, 2.45) is 4.99 Å². The van der Waals surface area contributed by atoms with E-state index in [1.165, 1.54) is 89.9 Å². The van der Waals surface area contributed by atoms with Crippen LogP contribution in [0.5, 0.6) is 0 Å². The fourth-order valence-corrected chi connectivity index (χ4v) is 2.92. The van der Waals surface area contributed by atoms with Gasteiger partial charge in [0, 0.05) is 0 Å². The van der Waals surface area contributed by atoms with Gasteiger partial charge in [0.2, 0.25) is 5.90 Å². The molecule has 2 nitrogen and oxygen atoms in total. The Bertz CT molecular complexity index is 296. The smallest absolute Gasteiger partial charge is 0.208 e. The lowest BCUT2D eigenvalue weighted by Crippen LogP contribution is -1.92. The Balaban J connectivity index is 1.71. The number of rotatable bonds is 15. The molecule has 0 radical (unpaired) electrons. The summed E-state index contributed by atoms with van der Waals surface area (Å²) >= 11 is 0. The molecule has 0 N–H and O–H groups in total. The molecule has 0 atom stereocenters. The number of hydrogen-bond donors (Lipinski definition) is 0. The summed E-state index contributed by atoms with van der Waals surface area (Å²) < 4.78 is 5.34. The molecule has 0 fully saturated rings. The maximum absolute atomic E-state index is 5.34. The predicted molar refractivity (Wildman–Crippen MR) is 97.7 cm³/mol. The van der Waals surface area contributed by atoms with Crippen LogP contribution in [0, 0.1) is 0 Å². The highest BCUT2D eigenvalue weighted by atomic mass is 16.5. The van der Waals surface area contributed by atoms with E-state index >= 15 is 0 Å². The SMILES string of the molecule is CCCCCCCCCCCCCCCC=CC1=NCCO1. The molecular formula is C20H37NO. The largest absolute Gasteiger partial charge is 0.476 e. The highest BCUT2D eigenvalue weighted by Crippen LogP contribution is 2.13. The van der Waals surface area contributed by atoms with Gasteiger partial charge in [-0.05, 0) is 18.9 Å². The minimum Gasteiger partial charge on any atom is -0.476 e. The number of hydrogen-bond acceptors (Lipinski definition) is 2. The first-order chi connectivity index (χ1) is 10.9. The van der Waals surface area contributed by atoms with E-state index in [0.29, 0.717) is 0 Å².